The zero-order chi connectivity index (χ0) is 16.7. The number of hydrogen-bond acceptors (Lipinski definition) is 6. The maximum absolute atomic E-state index is 11.4. The highest BCUT2D eigenvalue weighted by molar-refractivity contribution is 5.77. The average Bonchev–Trinajstić information content (AvgIpc) is 2.92. The van der Waals surface area contributed by atoms with Gasteiger partial charge in [0.2, 0.25) is 5.91 Å². The quantitative estimate of drug-likeness (QED) is 0.607. The van der Waals surface area contributed by atoms with Crippen molar-refractivity contribution in [3.05, 3.63) is 29.8 Å². The first-order valence-electron chi connectivity index (χ1n) is 7.55. The zero-order valence-corrected chi connectivity index (χ0v) is 13.5. The largest absolute Gasteiger partial charge is 0.497 e. The van der Waals surface area contributed by atoms with Gasteiger partial charge in [-0.1, -0.05) is 12.1 Å². The molecular formula is C16H24N2O5. The number of ether oxygens (including phenoxy) is 3. The van der Waals surface area contributed by atoms with Crippen LogP contribution in [-0.4, -0.2) is 63.2 Å². The van der Waals surface area contributed by atoms with Crippen molar-refractivity contribution >= 4 is 5.91 Å². The van der Waals surface area contributed by atoms with E-state index in [4.69, 9.17) is 14.2 Å². The molecule has 0 saturated carbocycles. The van der Waals surface area contributed by atoms with E-state index in [0.29, 0.717) is 13.2 Å². The molecule has 0 aliphatic carbocycles. The Labute approximate surface area is 135 Å². The number of aliphatic hydroxyl groups excluding tert-OH is 1. The van der Waals surface area contributed by atoms with Crippen LogP contribution in [0.5, 0.6) is 5.75 Å². The highest BCUT2D eigenvalue weighted by atomic mass is 16.5. The van der Waals surface area contributed by atoms with Crippen LogP contribution in [0.1, 0.15) is 5.56 Å². The number of benzene rings is 1. The Morgan fingerprint density at radius 1 is 1.35 bits per heavy atom. The molecule has 0 aromatic heterocycles. The van der Waals surface area contributed by atoms with Gasteiger partial charge >= 0.3 is 0 Å². The Morgan fingerprint density at radius 3 is 2.74 bits per heavy atom. The molecule has 0 radical (unpaired) electrons. The fourth-order valence-corrected chi connectivity index (χ4v) is 2.43. The van der Waals surface area contributed by atoms with E-state index < -0.39 is 12.2 Å². The molecular weight excluding hydrogens is 300 g/mol. The minimum absolute atomic E-state index is 0.00195. The highest BCUT2D eigenvalue weighted by Gasteiger charge is 2.35. The minimum atomic E-state index is -0.670. The average molecular weight is 324 g/mol. The van der Waals surface area contributed by atoms with Gasteiger partial charge in [0.25, 0.3) is 0 Å². The summed E-state index contributed by atoms with van der Waals surface area (Å²) in [5.41, 5.74) is 1.09. The Hall–Kier alpha value is -1.67. The molecule has 0 spiro atoms. The van der Waals surface area contributed by atoms with Crippen LogP contribution in [0.15, 0.2) is 24.3 Å². The molecule has 3 N–H and O–H groups in total. The smallest absolute Gasteiger partial charge is 0.246 e. The molecule has 1 aromatic rings. The van der Waals surface area contributed by atoms with Crippen LogP contribution in [0.2, 0.25) is 0 Å². The summed E-state index contributed by atoms with van der Waals surface area (Å²) in [6, 6.07) is 7.56. The summed E-state index contributed by atoms with van der Waals surface area (Å²) in [6.45, 7) is 1.30. The number of nitrogens with one attached hydrogen (secondary N) is 2. The topological polar surface area (TPSA) is 89.1 Å². The molecule has 1 heterocycles. The van der Waals surface area contributed by atoms with E-state index in [1.54, 1.807) is 7.11 Å². The van der Waals surface area contributed by atoms with Gasteiger partial charge < -0.3 is 30.0 Å². The lowest BCUT2D eigenvalue weighted by molar-refractivity contribution is -0.125. The molecule has 1 aliphatic heterocycles. The van der Waals surface area contributed by atoms with Crippen molar-refractivity contribution in [1.82, 2.24) is 10.6 Å². The SMILES string of the molecule is COCC(=O)NC[C@H]1OC[C@@H](NCc2ccc(OC)cc2)[C@@H]1O. The van der Waals surface area contributed by atoms with Crippen molar-refractivity contribution in [2.45, 2.75) is 24.8 Å². The first-order valence-corrected chi connectivity index (χ1v) is 7.55. The second-order valence-corrected chi connectivity index (χ2v) is 5.43. The van der Waals surface area contributed by atoms with E-state index in [9.17, 15) is 9.90 Å². The lowest BCUT2D eigenvalue weighted by atomic mass is 10.1. The van der Waals surface area contributed by atoms with Crippen molar-refractivity contribution in [3.8, 4) is 5.75 Å². The van der Waals surface area contributed by atoms with E-state index in [-0.39, 0.29) is 25.1 Å². The predicted octanol–water partition coefficient (Wildman–Crippen LogP) is -0.324. The second kappa shape index (κ2) is 8.83. The lowest BCUT2D eigenvalue weighted by Gasteiger charge is -2.19. The maximum atomic E-state index is 11.4. The summed E-state index contributed by atoms with van der Waals surface area (Å²) in [7, 11) is 3.09. The first-order chi connectivity index (χ1) is 11.1. The van der Waals surface area contributed by atoms with Gasteiger partial charge in [-0.15, -0.1) is 0 Å². The molecule has 7 heteroatoms. The van der Waals surface area contributed by atoms with Crippen molar-refractivity contribution in [1.29, 1.82) is 0 Å². The van der Waals surface area contributed by atoms with Gasteiger partial charge in [0, 0.05) is 20.2 Å². The van der Waals surface area contributed by atoms with E-state index in [1.165, 1.54) is 7.11 Å². The summed E-state index contributed by atoms with van der Waals surface area (Å²) in [5, 5.41) is 16.2. The van der Waals surface area contributed by atoms with Crippen molar-refractivity contribution < 1.29 is 24.1 Å². The van der Waals surface area contributed by atoms with Gasteiger partial charge in [-0.05, 0) is 17.7 Å². The fourth-order valence-electron chi connectivity index (χ4n) is 2.43. The van der Waals surface area contributed by atoms with Crippen LogP contribution in [0.3, 0.4) is 0 Å². The van der Waals surface area contributed by atoms with Gasteiger partial charge in [0.05, 0.1) is 25.9 Å². The molecule has 23 heavy (non-hydrogen) atoms. The molecule has 0 unspecified atom stereocenters. The van der Waals surface area contributed by atoms with E-state index in [1.807, 2.05) is 24.3 Å². The van der Waals surface area contributed by atoms with Crippen LogP contribution in [-0.2, 0) is 20.8 Å². The van der Waals surface area contributed by atoms with Gasteiger partial charge in [0.1, 0.15) is 18.5 Å². The Kier molecular flexibility index (Phi) is 6.79. The van der Waals surface area contributed by atoms with Gasteiger partial charge in [-0.25, -0.2) is 0 Å². The third kappa shape index (κ3) is 5.18. The number of carbonyl (C=O) groups is 1. The highest BCUT2D eigenvalue weighted by Crippen LogP contribution is 2.15. The third-order valence-electron chi connectivity index (χ3n) is 3.79. The number of hydrogen-bond donors (Lipinski definition) is 3. The lowest BCUT2D eigenvalue weighted by Crippen LogP contribution is -2.45. The number of amides is 1. The van der Waals surface area contributed by atoms with Crippen LogP contribution in [0.25, 0.3) is 0 Å². The number of carbonyl (C=O) groups excluding carboxylic acids is 1. The molecule has 0 bridgehead atoms. The van der Waals surface area contributed by atoms with E-state index >= 15 is 0 Å². The van der Waals surface area contributed by atoms with E-state index in [0.717, 1.165) is 11.3 Å². The van der Waals surface area contributed by atoms with Crippen molar-refractivity contribution in [2.75, 3.05) is 34.0 Å². The number of rotatable bonds is 8. The Bertz CT molecular complexity index is 494. The van der Waals surface area contributed by atoms with Crippen molar-refractivity contribution in [2.24, 2.45) is 0 Å². The molecule has 128 valence electrons. The van der Waals surface area contributed by atoms with Gasteiger partial charge in [0.15, 0.2) is 0 Å². The summed E-state index contributed by atoms with van der Waals surface area (Å²) < 4.78 is 15.4. The molecule has 1 aromatic carbocycles. The summed E-state index contributed by atoms with van der Waals surface area (Å²) in [6.07, 6.45) is -1.08. The third-order valence-corrected chi connectivity index (χ3v) is 3.79. The van der Waals surface area contributed by atoms with Gasteiger partial charge in [-0.2, -0.15) is 0 Å². The molecule has 1 saturated heterocycles. The Balaban J connectivity index is 1.75. The monoisotopic (exact) mass is 324 g/mol. The normalized spacial score (nSPS) is 23.7. The maximum Gasteiger partial charge on any atom is 0.246 e. The van der Waals surface area contributed by atoms with Crippen LogP contribution >= 0.6 is 0 Å². The standard InChI is InChI=1S/C16H24N2O5/c1-21-10-15(19)18-8-14-16(20)13(9-23-14)17-7-11-3-5-12(22-2)6-4-11/h3-6,13-14,16-17,20H,7-10H2,1-2H3,(H,18,19)/t13-,14-,16+/m1/s1. The minimum Gasteiger partial charge on any atom is -0.497 e. The zero-order valence-electron chi connectivity index (χ0n) is 13.5. The summed E-state index contributed by atoms with van der Waals surface area (Å²) in [5.74, 6) is 0.586. The number of aliphatic hydroxyl groups is 1. The van der Waals surface area contributed by atoms with Crippen LogP contribution in [0, 0.1) is 0 Å². The van der Waals surface area contributed by atoms with E-state index in [2.05, 4.69) is 10.6 Å². The molecule has 7 nitrogen and oxygen atoms in total. The number of methoxy groups -OCH3 is 2. The summed E-state index contributed by atoms with van der Waals surface area (Å²) in [4.78, 5) is 11.4. The van der Waals surface area contributed by atoms with Crippen LogP contribution < -0.4 is 15.4 Å². The van der Waals surface area contributed by atoms with Gasteiger partial charge in [-0.3, -0.25) is 4.79 Å². The molecule has 1 aliphatic rings. The second-order valence-electron chi connectivity index (χ2n) is 5.43. The van der Waals surface area contributed by atoms with Crippen LogP contribution in [0.4, 0.5) is 0 Å². The molecule has 1 amide bonds. The van der Waals surface area contributed by atoms with Crippen molar-refractivity contribution in [3.63, 3.8) is 0 Å². The first kappa shape index (κ1) is 17.7. The Morgan fingerprint density at radius 2 is 2.09 bits per heavy atom. The fraction of sp³-hybridized carbons (Fsp3) is 0.562. The molecule has 1 fully saturated rings. The molecule has 2 rings (SSSR count). The molecule has 3 atom stereocenters. The predicted molar refractivity (Wildman–Crippen MR) is 84.3 cm³/mol. The summed E-state index contributed by atoms with van der Waals surface area (Å²) >= 11 is 0.